The van der Waals surface area contributed by atoms with Crippen LogP contribution in [0.4, 0.5) is 34.1 Å². The highest BCUT2D eigenvalue weighted by Gasteiger charge is 2.36. The smallest absolute Gasteiger partial charge is 0.0548 e. The third-order valence-electron chi connectivity index (χ3n) is 25.1. The lowest BCUT2D eigenvalue weighted by atomic mass is 9.82. The summed E-state index contributed by atoms with van der Waals surface area (Å²) in [6, 6.07) is 156. The Morgan fingerprint density at radius 1 is 0.179 bits per heavy atom. The van der Waals surface area contributed by atoms with E-state index in [0.29, 0.717) is 0 Å². The molecule has 3 aliphatic rings. The van der Waals surface area contributed by atoms with E-state index in [9.17, 15) is 0 Å². The van der Waals surface area contributed by atoms with Crippen LogP contribution in [0.2, 0.25) is 0 Å². The van der Waals surface area contributed by atoms with Crippen LogP contribution in [-0.2, 0) is 5.41 Å². The highest BCUT2D eigenvalue weighted by atomic mass is 15.1. The first-order chi connectivity index (χ1) is 57.8. The average molecular weight is 1490 g/mol. The van der Waals surface area contributed by atoms with Crippen molar-refractivity contribution in [1.82, 2.24) is 9.13 Å². The highest BCUT2D eigenvalue weighted by molar-refractivity contribution is 6.33. The van der Waals surface area contributed by atoms with E-state index >= 15 is 0 Å². The van der Waals surface area contributed by atoms with E-state index in [1.165, 1.54) is 176 Å². The summed E-state index contributed by atoms with van der Waals surface area (Å²) >= 11 is 0. The van der Waals surface area contributed by atoms with E-state index in [4.69, 9.17) is 0 Å². The van der Waals surface area contributed by atoms with E-state index < -0.39 is 0 Å². The van der Waals surface area contributed by atoms with E-state index in [2.05, 4.69) is 457 Å². The van der Waals surface area contributed by atoms with Crippen LogP contribution >= 0.6 is 0 Å². The van der Waals surface area contributed by atoms with E-state index in [1.54, 1.807) is 0 Å². The van der Waals surface area contributed by atoms with Gasteiger partial charge >= 0.3 is 0 Å². The number of aromatic nitrogens is 2. The highest BCUT2D eigenvalue weighted by Crippen LogP contribution is 2.56. The largest absolute Gasteiger partial charge is 0.311 e. The molecule has 0 spiro atoms. The molecule has 0 saturated heterocycles. The molecule has 0 radical (unpaired) electrons. The molecule has 4 nitrogen and oxygen atoms in total. The van der Waals surface area contributed by atoms with Crippen LogP contribution in [0.5, 0.6) is 0 Å². The molecule has 21 aromatic rings. The second kappa shape index (κ2) is 27.1. The number of benzene rings is 19. The second-order valence-electron chi connectivity index (χ2n) is 31.7. The van der Waals surface area contributed by atoms with Gasteiger partial charge in [0.2, 0.25) is 0 Å². The average Bonchev–Trinajstić information content (AvgIpc) is 1.54. The molecule has 4 heteroatoms. The second-order valence-corrected chi connectivity index (χ2v) is 31.7. The van der Waals surface area contributed by atoms with Gasteiger partial charge in [-0.25, -0.2) is 0 Å². The van der Waals surface area contributed by atoms with Crippen molar-refractivity contribution in [3.8, 4) is 112 Å². The van der Waals surface area contributed by atoms with Crippen molar-refractivity contribution in [3.63, 3.8) is 0 Å². The van der Waals surface area contributed by atoms with Crippen LogP contribution in [0.3, 0.4) is 0 Å². The van der Waals surface area contributed by atoms with Crippen molar-refractivity contribution in [3.05, 3.63) is 436 Å². The van der Waals surface area contributed by atoms with Crippen molar-refractivity contribution >= 4 is 99.3 Å². The lowest BCUT2D eigenvalue weighted by Crippen LogP contribution is -2.16. The number of hydrogen-bond donors (Lipinski definition) is 0. The van der Waals surface area contributed by atoms with Gasteiger partial charge in [0.25, 0.3) is 0 Å². The molecule has 0 atom stereocenters. The minimum atomic E-state index is -0.0780. The molecule has 0 bridgehead atoms. The van der Waals surface area contributed by atoms with Crippen LogP contribution in [0.15, 0.2) is 425 Å². The number of anilines is 6. The Hall–Kier alpha value is -15.1. The zero-order valence-electron chi connectivity index (χ0n) is 64.7. The van der Waals surface area contributed by atoms with Crippen LogP contribution < -0.4 is 9.80 Å². The zero-order valence-corrected chi connectivity index (χ0v) is 64.7. The Morgan fingerprint density at radius 2 is 0.470 bits per heavy atom. The Kier molecular flexibility index (Phi) is 15.6. The first-order valence-corrected chi connectivity index (χ1v) is 40.6. The SMILES string of the molecule is CC1(C)c2ccccc2-c2ccc(N(c3ccccc3)c3ccc(-c4ccc(-n5c6cccc7c6c6c8c(ccc(-c9ccccc9)c8ccc65)-c5ccccc5-7)cc4)cc3)cc21.c1ccc(-c2ccc3c4c2ccc2c4c4c(cccc4n2-c2ccc(-c4ccc(N(c5ccccc5)c5ccccc5)cc4)cc2)-c2ccccc2-3)cc1. The van der Waals surface area contributed by atoms with Crippen molar-refractivity contribution in [2.75, 3.05) is 9.80 Å². The molecule has 548 valence electrons. The first-order valence-electron chi connectivity index (χ1n) is 40.6. The summed E-state index contributed by atoms with van der Waals surface area (Å²) in [7, 11) is 0. The van der Waals surface area contributed by atoms with E-state index in [-0.39, 0.29) is 5.41 Å². The molecule has 2 heterocycles. The van der Waals surface area contributed by atoms with Gasteiger partial charge < -0.3 is 18.9 Å². The van der Waals surface area contributed by atoms with E-state index in [0.717, 1.165) is 45.5 Å². The normalized spacial score (nSPS) is 12.4. The lowest BCUT2D eigenvalue weighted by molar-refractivity contribution is 0.660. The molecular formula is C113H76N4. The minimum Gasteiger partial charge on any atom is -0.311 e. The van der Waals surface area contributed by atoms with Gasteiger partial charge in [-0.2, -0.15) is 0 Å². The van der Waals surface area contributed by atoms with Crippen molar-refractivity contribution < 1.29 is 0 Å². The lowest BCUT2D eigenvalue weighted by Gasteiger charge is -2.28. The zero-order chi connectivity index (χ0) is 77.4. The van der Waals surface area contributed by atoms with Gasteiger partial charge in [-0.1, -0.05) is 317 Å². The summed E-state index contributed by atoms with van der Waals surface area (Å²) in [6.07, 6.45) is 0. The summed E-state index contributed by atoms with van der Waals surface area (Å²) in [4.78, 5) is 4.68. The summed E-state index contributed by atoms with van der Waals surface area (Å²) in [5.41, 5.74) is 39.4. The fourth-order valence-corrected chi connectivity index (χ4v) is 19.8. The van der Waals surface area contributed by atoms with Gasteiger partial charge in [-0.05, 0) is 243 Å². The van der Waals surface area contributed by atoms with Gasteiger partial charge in [0.15, 0.2) is 0 Å². The summed E-state index contributed by atoms with van der Waals surface area (Å²) < 4.78 is 4.94. The summed E-state index contributed by atoms with van der Waals surface area (Å²) in [5, 5.41) is 10.5. The number of para-hydroxylation sites is 3. The molecule has 0 fully saturated rings. The molecular weight excluding hydrogens is 1410 g/mol. The molecule has 19 aromatic carbocycles. The summed E-state index contributed by atoms with van der Waals surface area (Å²) in [6.45, 7) is 4.70. The van der Waals surface area contributed by atoms with E-state index in [1.807, 2.05) is 0 Å². The van der Waals surface area contributed by atoms with Crippen molar-refractivity contribution in [1.29, 1.82) is 0 Å². The Morgan fingerprint density at radius 3 is 0.880 bits per heavy atom. The standard InChI is InChI=1S/C61H42N2.C52H34N2/c1-61(2)54-22-12-11-20-49(54)50-33-32-45(38-55(50)61)62(42-16-7-4-8-17-42)43-28-24-39(25-29-43)40-26-30-44(31-27-40)63-56-23-13-21-51-47-18-9-10-19-48(47)53-35-34-46(41-14-5-3-6-15-41)52-36-37-57(63)60(58(52)53)59(51)56;1-4-13-37(14-5-1)42-31-32-47-44-20-11-10-19-43(44)45-21-12-22-48-51(45)52-49(34-33-46(42)50(47)52)54(48)41-29-25-36(26-30-41)35-23-27-40(28-24-35)53(38-15-6-2-7-16-38)39-17-8-3-9-18-39/h3-38H,1-2H3;1-34H. The first kappa shape index (κ1) is 67.6. The molecule has 0 unspecified atom stereocenters. The van der Waals surface area contributed by atoms with Crippen LogP contribution in [0.25, 0.3) is 177 Å². The molecule has 2 aromatic heterocycles. The van der Waals surface area contributed by atoms with Crippen LogP contribution in [0, 0.1) is 0 Å². The van der Waals surface area contributed by atoms with Gasteiger partial charge in [-0.15, -0.1) is 0 Å². The molecule has 0 amide bonds. The van der Waals surface area contributed by atoms with Crippen LogP contribution in [-0.4, -0.2) is 9.13 Å². The maximum Gasteiger partial charge on any atom is 0.0548 e. The van der Waals surface area contributed by atoms with Crippen LogP contribution in [0.1, 0.15) is 25.0 Å². The number of fused-ring (bicyclic) bond motifs is 9. The third-order valence-corrected chi connectivity index (χ3v) is 25.1. The molecule has 24 rings (SSSR count). The minimum absolute atomic E-state index is 0.0780. The fourth-order valence-electron chi connectivity index (χ4n) is 19.8. The predicted octanol–water partition coefficient (Wildman–Crippen LogP) is 31.1. The Bertz CT molecular complexity index is 7470. The fraction of sp³-hybridized carbons (Fsp3) is 0.0265. The predicted molar refractivity (Wildman–Crippen MR) is 494 cm³/mol. The Balaban J connectivity index is 0.000000139. The van der Waals surface area contributed by atoms with Gasteiger partial charge in [0.1, 0.15) is 0 Å². The van der Waals surface area contributed by atoms with Crippen molar-refractivity contribution in [2.45, 2.75) is 19.3 Å². The molecule has 117 heavy (non-hydrogen) atoms. The third kappa shape index (κ3) is 10.8. The Labute approximate surface area is 680 Å². The maximum absolute atomic E-state index is 2.47. The van der Waals surface area contributed by atoms with Gasteiger partial charge in [-0.3, -0.25) is 0 Å². The van der Waals surface area contributed by atoms with Gasteiger partial charge in [0, 0.05) is 83.2 Å². The monoisotopic (exact) mass is 1490 g/mol. The van der Waals surface area contributed by atoms with Crippen molar-refractivity contribution in [2.24, 2.45) is 0 Å². The molecule has 0 saturated carbocycles. The summed E-state index contributed by atoms with van der Waals surface area (Å²) in [5.74, 6) is 0. The maximum atomic E-state index is 2.47. The molecule has 3 aliphatic carbocycles. The number of nitrogens with zero attached hydrogens (tertiary/aromatic N) is 4. The molecule has 0 aliphatic heterocycles. The number of hydrogen-bond acceptors (Lipinski definition) is 2. The van der Waals surface area contributed by atoms with Gasteiger partial charge in [0.05, 0.1) is 22.1 Å². The quantitative estimate of drug-likeness (QED) is 0.121. The molecule has 0 N–H and O–H groups in total. The topological polar surface area (TPSA) is 16.3 Å². The number of rotatable bonds is 12.